The largest absolute Gasteiger partial charge is 0.372 e. The van der Waals surface area contributed by atoms with Gasteiger partial charge in [0.15, 0.2) is 0 Å². The lowest BCUT2D eigenvalue weighted by atomic mass is 10.0. The zero-order valence-corrected chi connectivity index (χ0v) is 12.6. The highest BCUT2D eigenvalue weighted by Gasteiger charge is 2.22. The molecule has 1 aromatic carbocycles. The van der Waals surface area contributed by atoms with Gasteiger partial charge in [0.1, 0.15) is 5.82 Å². The van der Waals surface area contributed by atoms with Gasteiger partial charge in [0.05, 0.1) is 13.4 Å². The molecule has 7 heteroatoms. The van der Waals surface area contributed by atoms with E-state index in [0.29, 0.717) is 32.1 Å². The van der Waals surface area contributed by atoms with Crippen LogP contribution in [0, 0.1) is 0 Å². The fourth-order valence-corrected chi connectivity index (χ4v) is 2.68. The van der Waals surface area contributed by atoms with Crippen molar-refractivity contribution in [2.24, 2.45) is 0 Å². The summed E-state index contributed by atoms with van der Waals surface area (Å²) in [5.41, 5.74) is 0.914. The van der Waals surface area contributed by atoms with E-state index in [9.17, 15) is 4.79 Å². The van der Waals surface area contributed by atoms with Crippen molar-refractivity contribution in [1.82, 2.24) is 14.9 Å². The van der Waals surface area contributed by atoms with E-state index in [2.05, 4.69) is 20.2 Å². The van der Waals surface area contributed by atoms with Gasteiger partial charge in [-0.3, -0.25) is 4.79 Å². The van der Waals surface area contributed by atoms with Gasteiger partial charge in [-0.15, -0.1) is 0 Å². The number of anilines is 2. The standard InChI is InChI=1S/C15H18BN5O/c1-17-14-11-4-2-3-5-12(11)18-15(19-14)21-8-6-20(7-9-21)13(22)10-16/h2-5H,6-10H2,1H3,(H,17,18,19). The molecule has 112 valence electrons. The summed E-state index contributed by atoms with van der Waals surface area (Å²) in [6, 6.07) is 7.93. The van der Waals surface area contributed by atoms with E-state index in [4.69, 9.17) is 7.85 Å². The van der Waals surface area contributed by atoms with Crippen molar-refractivity contribution < 1.29 is 4.79 Å². The van der Waals surface area contributed by atoms with Gasteiger partial charge in [0.25, 0.3) is 0 Å². The predicted molar refractivity (Wildman–Crippen MR) is 88.4 cm³/mol. The number of para-hydroxylation sites is 1. The number of hydrogen-bond acceptors (Lipinski definition) is 5. The number of amides is 1. The highest BCUT2D eigenvalue weighted by Crippen LogP contribution is 2.23. The second kappa shape index (κ2) is 6.21. The highest BCUT2D eigenvalue weighted by atomic mass is 16.2. The van der Waals surface area contributed by atoms with Gasteiger partial charge in [-0.1, -0.05) is 12.1 Å². The molecule has 1 aromatic heterocycles. The fourth-order valence-electron chi connectivity index (χ4n) is 2.68. The average molecular weight is 295 g/mol. The van der Waals surface area contributed by atoms with E-state index in [0.717, 1.165) is 16.7 Å². The Hall–Kier alpha value is -2.31. The third kappa shape index (κ3) is 2.71. The molecule has 0 saturated carbocycles. The molecule has 0 spiro atoms. The van der Waals surface area contributed by atoms with E-state index in [-0.39, 0.29) is 12.2 Å². The smallest absolute Gasteiger partial charge is 0.228 e. The van der Waals surface area contributed by atoms with Gasteiger partial charge in [0.2, 0.25) is 11.9 Å². The summed E-state index contributed by atoms with van der Waals surface area (Å²) in [5, 5.41) is 4.13. The van der Waals surface area contributed by atoms with Gasteiger partial charge in [0, 0.05) is 38.6 Å². The molecule has 2 radical (unpaired) electrons. The summed E-state index contributed by atoms with van der Waals surface area (Å²) in [4.78, 5) is 24.8. The number of carbonyl (C=O) groups is 1. The first-order chi connectivity index (χ1) is 10.7. The first-order valence-electron chi connectivity index (χ1n) is 7.40. The van der Waals surface area contributed by atoms with Crippen LogP contribution in [0.15, 0.2) is 24.3 Å². The number of hydrogen-bond donors (Lipinski definition) is 1. The van der Waals surface area contributed by atoms with Crippen molar-refractivity contribution in [3.05, 3.63) is 24.3 Å². The molecular formula is C15H18BN5O. The summed E-state index contributed by atoms with van der Waals surface area (Å²) in [5.74, 6) is 1.51. The molecule has 0 unspecified atom stereocenters. The molecule has 1 aliphatic rings. The van der Waals surface area contributed by atoms with Crippen LogP contribution in [-0.4, -0.2) is 61.8 Å². The SMILES string of the molecule is [B]CC(=O)N1CCN(c2nc(NC)c3ccccc3n2)CC1. The molecule has 1 N–H and O–H groups in total. The number of rotatable bonds is 3. The van der Waals surface area contributed by atoms with E-state index in [1.165, 1.54) is 0 Å². The molecule has 22 heavy (non-hydrogen) atoms. The third-order valence-electron chi connectivity index (χ3n) is 3.92. The van der Waals surface area contributed by atoms with E-state index in [1.54, 1.807) is 4.90 Å². The molecule has 1 aliphatic heterocycles. The van der Waals surface area contributed by atoms with Crippen molar-refractivity contribution in [3.63, 3.8) is 0 Å². The number of fused-ring (bicyclic) bond motifs is 1. The summed E-state index contributed by atoms with van der Waals surface area (Å²) in [6.45, 7) is 2.74. The number of aromatic nitrogens is 2. The van der Waals surface area contributed by atoms with Crippen LogP contribution in [0.2, 0.25) is 6.32 Å². The molecule has 0 bridgehead atoms. The highest BCUT2D eigenvalue weighted by molar-refractivity contribution is 6.19. The van der Waals surface area contributed by atoms with Crippen molar-refractivity contribution in [2.45, 2.75) is 6.32 Å². The molecule has 0 aliphatic carbocycles. The summed E-state index contributed by atoms with van der Waals surface area (Å²) in [6.07, 6.45) is 0.0659. The van der Waals surface area contributed by atoms with Crippen molar-refractivity contribution in [3.8, 4) is 0 Å². The summed E-state index contributed by atoms with van der Waals surface area (Å²) < 4.78 is 0. The van der Waals surface area contributed by atoms with Gasteiger partial charge in [-0.2, -0.15) is 4.98 Å². The van der Waals surface area contributed by atoms with Crippen LogP contribution in [-0.2, 0) is 4.79 Å². The Balaban J connectivity index is 1.84. The quantitative estimate of drug-likeness (QED) is 0.853. The van der Waals surface area contributed by atoms with Crippen LogP contribution in [0.5, 0.6) is 0 Å². The summed E-state index contributed by atoms with van der Waals surface area (Å²) in [7, 11) is 7.27. The lowest BCUT2D eigenvalue weighted by Crippen LogP contribution is -2.49. The molecule has 0 atom stereocenters. The minimum Gasteiger partial charge on any atom is -0.372 e. The second-order valence-electron chi connectivity index (χ2n) is 5.21. The Kier molecular flexibility index (Phi) is 4.13. The molecule has 1 amide bonds. The number of nitrogens with one attached hydrogen (secondary N) is 1. The van der Waals surface area contributed by atoms with Gasteiger partial charge >= 0.3 is 0 Å². The Morgan fingerprint density at radius 1 is 1.23 bits per heavy atom. The maximum atomic E-state index is 11.6. The number of nitrogens with zero attached hydrogens (tertiary/aromatic N) is 4. The van der Waals surface area contributed by atoms with Gasteiger partial charge < -0.3 is 15.1 Å². The number of carbonyl (C=O) groups excluding carboxylic acids is 1. The Morgan fingerprint density at radius 2 is 1.95 bits per heavy atom. The Bertz CT molecular complexity index is 685. The minimum absolute atomic E-state index is 0.00464. The monoisotopic (exact) mass is 295 g/mol. The Labute approximate surface area is 130 Å². The zero-order valence-electron chi connectivity index (χ0n) is 12.6. The first-order valence-corrected chi connectivity index (χ1v) is 7.40. The van der Waals surface area contributed by atoms with E-state index < -0.39 is 0 Å². The van der Waals surface area contributed by atoms with E-state index >= 15 is 0 Å². The fraction of sp³-hybridized carbons (Fsp3) is 0.400. The minimum atomic E-state index is -0.00464. The van der Waals surface area contributed by atoms with E-state index in [1.807, 2.05) is 31.3 Å². The molecule has 2 aromatic rings. The zero-order chi connectivity index (χ0) is 15.5. The first kappa shape index (κ1) is 14.6. The topological polar surface area (TPSA) is 61.4 Å². The van der Waals surface area contributed by atoms with Crippen LogP contribution < -0.4 is 10.2 Å². The Morgan fingerprint density at radius 3 is 2.64 bits per heavy atom. The maximum Gasteiger partial charge on any atom is 0.228 e. The van der Waals surface area contributed by atoms with Crippen molar-refractivity contribution >= 4 is 36.4 Å². The van der Waals surface area contributed by atoms with Crippen LogP contribution in [0.1, 0.15) is 0 Å². The van der Waals surface area contributed by atoms with Crippen LogP contribution in [0.25, 0.3) is 10.9 Å². The lowest BCUT2D eigenvalue weighted by Gasteiger charge is -2.34. The lowest BCUT2D eigenvalue weighted by molar-refractivity contribution is -0.129. The van der Waals surface area contributed by atoms with Gasteiger partial charge in [-0.25, -0.2) is 4.98 Å². The normalized spacial score (nSPS) is 15.1. The van der Waals surface area contributed by atoms with Crippen molar-refractivity contribution in [1.29, 1.82) is 0 Å². The molecule has 3 rings (SSSR count). The average Bonchev–Trinajstić information content (AvgIpc) is 2.60. The third-order valence-corrected chi connectivity index (χ3v) is 3.92. The summed E-state index contributed by atoms with van der Waals surface area (Å²) >= 11 is 0. The molecule has 1 saturated heterocycles. The molecule has 6 nitrogen and oxygen atoms in total. The molecular weight excluding hydrogens is 277 g/mol. The predicted octanol–water partition coefficient (Wildman–Crippen LogP) is 0.907. The number of piperazine rings is 1. The van der Waals surface area contributed by atoms with Crippen molar-refractivity contribution in [2.75, 3.05) is 43.4 Å². The van der Waals surface area contributed by atoms with Gasteiger partial charge in [-0.05, 0) is 18.5 Å². The second-order valence-corrected chi connectivity index (χ2v) is 5.21. The molecule has 1 fully saturated rings. The van der Waals surface area contributed by atoms with Crippen LogP contribution >= 0.6 is 0 Å². The van der Waals surface area contributed by atoms with Crippen LogP contribution in [0.4, 0.5) is 11.8 Å². The maximum absolute atomic E-state index is 11.6. The van der Waals surface area contributed by atoms with Crippen LogP contribution in [0.3, 0.4) is 0 Å². The molecule has 2 heterocycles. The number of benzene rings is 1.